The third-order valence-corrected chi connectivity index (χ3v) is 3.50. The van der Waals surface area contributed by atoms with Gasteiger partial charge in [-0.25, -0.2) is 4.79 Å². The number of likely N-dealkylation sites (tertiary alicyclic amines) is 1. The number of ether oxygens (including phenoxy) is 1. The van der Waals surface area contributed by atoms with Gasteiger partial charge in [0.1, 0.15) is 0 Å². The summed E-state index contributed by atoms with van der Waals surface area (Å²) in [6, 6.07) is 0.220. The van der Waals surface area contributed by atoms with E-state index in [1.807, 2.05) is 32.7 Å². The number of rotatable bonds is 2. The van der Waals surface area contributed by atoms with Gasteiger partial charge in [-0.3, -0.25) is 4.79 Å². The lowest BCUT2D eigenvalue weighted by Crippen LogP contribution is -2.49. The molecule has 5 nitrogen and oxygen atoms in total. The Hall–Kier alpha value is -1.26. The van der Waals surface area contributed by atoms with Gasteiger partial charge < -0.3 is 14.5 Å². The SMILES string of the molecule is CCOC(=O)N1CCC(N(C)C(=O)C(C)(C)C)CC1. The van der Waals surface area contributed by atoms with E-state index in [2.05, 4.69) is 0 Å². The van der Waals surface area contributed by atoms with Gasteiger partial charge in [-0.15, -0.1) is 0 Å². The van der Waals surface area contributed by atoms with Crippen LogP contribution in [0.4, 0.5) is 4.79 Å². The molecule has 0 unspecified atom stereocenters. The second kappa shape index (κ2) is 6.26. The number of hydrogen-bond donors (Lipinski definition) is 0. The van der Waals surface area contributed by atoms with Crippen LogP contribution in [-0.2, 0) is 9.53 Å². The Morgan fingerprint density at radius 1 is 1.26 bits per heavy atom. The summed E-state index contributed by atoms with van der Waals surface area (Å²) < 4.78 is 4.99. The molecule has 1 fully saturated rings. The summed E-state index contributed by atoms with van der Waals surface area (Å²) in [6.45, 7) is 9.32. The standard InChI is InChI=1S/C14H26N2O3/c1-6-19-13(18)16-9-7-11(8-10-16)15(5)12(17)14(2,3)4/h11H,6-10H2,1-5H3. The number of nitrogens with zero attached hydrogens (tertiary/aromatic N) is 2. The van der Waals surface area contributed by atoms with Gasteiger partial charge in [0, 0.05) is 31.6 Å². The van der Waals surface area contributed by atoms with Gasteiger partial charge in [0.2, 0.25) is 5.91 Å². The van der Waals surface area contributed by atoms with Gasteiger partial charge in [0.15, 0.2) is 0 Å². The normalized spacial score (nSPS) is 17.2. The maximum Gasteiger partial charge on any atom is 0.409 e. The number of carbonyl (C=O) groups excluding carboxylic acids is 2. The summed E-state index contributed by atoms with van der Waals surface area (Å²) in [5, 5.41) is 0. The second-order valence-electron chi connectivity index (χ2n) is 6.08. The van der Waals surface area contributed by atoms with E-state index in [0.717, 1.165) is 12.8 Å². The van der Waals surface area contributed by atoms with Crippen molar-refractivity contribution in [2.24, 2.45) is 5.41 Å². The molecular formula is C14H26N2O3. The monoisotopic (exact) mass is 270 g/mol. The molecule has 0 aromatic carbocycles. The second-order valence-corrected chi connectivity index (χ2v) is 6.08. The molecular weight excluding hydrogens is 244 g/mol. The highest BCUT2D eigenvalue weighted by Gasteiger charge is 2.32. The van der Waals surface area contributed by atoms with Crippen LogP contribution >= 0.6 is 0 Å². The van der Waals surface area contributed by atoms with Crippen LogP contribution in [0.1, 0.15) is 40.5 Å². The Bertz CT molecular complexity index is 328. The zero-order valence-electron chi connectivity index (χ0n) is 12.7. The minimum absolute atomic E-state index is 0.155. The molecule has 1 saturated heterocycles. The maximum atomic E-state index is 12.2. The van der Waals surface area contributed by atoms with E-state index in [0.29, 0.717) is 19.7 Å². The summed E-state index contributed by atoms with van der Waals surface area (Å²) in [4.78, 5) is 27.3. The van der Waals surface area contributed by atoms with Gasteiger partial charge in [-0.05, 0) is 19.8 Å². The number of amides is 2. The van der Waals surface area contributed by atoms with Crippen molar-refractivity contribution in [1.82, 2.24) is 9.80 Å². The molecule has 0 aromatic heterocycles. The molecule has 0 aliphatic carbocycles. The van der Waals surface area contributed by atoms with Crippen molar-refractivity contribution in [3.05, 3.63) is 0 Å². The highest BCUT2D eigenvalue weighted by Crippen LogP contribution is 2.22. The predicted molar refractivity (Wildman–Crippen MR) is 73.8 cm³/mol. The molecule has 2 amide bonds. The molecule has 1 aliphatic heterocycles. The summed E-state index contributed by atoms with van der Waals surface area (Å²) >= 11 is 0. The van der Waals surface area contributed by atoms with Crippen molar-refractivity contribution >= 4 is 12.0 Å². The fourth-order valence-corrected chi connectivity index (χ4v) is 2.35. The molecule has 0 aromatic rings. The first-order valence-electron chi connectivity index (χ1n) is 6.96. The van der Waals surface area contributed by atoms with Crippen LogP contribution in [0.3, 0.4) is 0 Å². The van der Waals surface area contributed by atoms with E-state index >= 15 is 0 Å². The molecule has 0 spiro atoms. The minimum atomic E-state index is -0.354. The minimum Gasteiger partial charge on any atom is -0.450 e. The van der Waals surface area contributed by atoms with Crippen molar-refractivity contribution < 1.29 is 14.3 Å². The topological polar surface area (TPSA) is 49.9 Å². The van der Waals surface area contributed by atoms with E-state index in [4.69, 9.17) is 4.74 Å². The van der Waals surface area contributed by atoms with Crippen LogP contribution in [0.5, 0.6) is 0 Å². The van der Waals surface area contributed by atoms with Gasteiger partial charge in [-0.1, -0.05) is 20.8 Å². The lowest BCUT2D eigenvalue weighted by molar-refractivity contribution is -0.141. The zero-order valence-corrected chi connectivity index (χ0v) is 12.7. The molecule has 0 bridgehead atoms. The van der Waals surface area contributed by atoms with Crippen molar-refractivity contribution in [1.29, 1.82) is 0 Å². The van der Waals surface area contributed by atoms with Gasteiger partial charge >= 0.3 is 6.09 Å². The molecule has 1 rings (SSSR count). The summed E-state index contributed by atoms with van der Waals surface area (Å²) in [7, 11) is 1.86. The Morgan fingerprint density at radius 3 is 2.21 bits per heavy atom. The quantitative estimate of drug-likeness (QED) is 0.772. The van der Waals surface area contributed by atoms with Crippen LogP contribution in [0.25, 0.3) is 0 Å². The summed E-state index contributed by atoms with van der Waals surface area (Å²) in [5.74, 6) is 0.155. The van der Waals surface area contributed by atoms with E-state index in [1.165, 1.54) is 0 Å². The molecule has 0 atom stereocenters. The van der Waals surface area contributed by atoms with Crippen LogP contribution in [0.15, 0.2) is 0 Å². The van der Waals surface area contributed by atoms with Crippen molar-refractivity contribution in [2.75, 3.05) is 26.7 Å². The Morgan fingerprint density at radius 2 is 1.79 bits per heavy atom. The zero-order chi connectivity index (χ0) is 14.6. The average Bonchev–Trinajstić information content (AvgIpc) is 2.36. The Kier molecular flexibility index (Phi) is 5.20. The van der Waals surface area contributed by atoms with E-state index < -0.39 is 0 Å². The fraction of sp³-hybridized carbons (Fsp3) is 0.857. The van der Waals surface area contributed by atoms with Crippen LogP contribution in [-0.4, -0.2) is 54.6 Å². The third kappa shape index (κ3) is 4.11. The number of piperidine rings is 1. The highest BCUT2D eigenvalue weighted by molar-refractivity contribution is 5.81. The van der Waals surface area contributed by atoms with Gasteiger partial charge in [0.05, 0.1) is 6.61 Å². The molecule has 1 aliphatic rings. The first-order valence-corrected chi connectivity index (χ1v) is 6.96. The summed E-state index contributed by atoms with van der Waals surface area (Å²) in [5.41, 5.74) is -0.354. The Labute approximate surface area is 115 Å². The molecule has 19 heavy (non-hydrogen) atoms. The van der Waals surface area contributed by atoms with E-state index in [-0.39, 0.29) is 23.5 Å². The van der Waals surface area contributed by atoms with Crippen molar-refractivity contribution in [3.63, 3.8) is 0 Å². The van der Waals surface area contributed by atoms with Crippen molar-refractivity contribution in [2.45, 2.75) is 46.6 Å². The van der Waals surface area contributed by atoms with Crippen LogP contribution < -0.4 is 0 Å². The van der Waals surface area contributed by atoms with E-state index in [9.17, 15) is 9.59 Å². The van der Waals surface area contributed by atoms with E-state index in [1.54, 1.807) is 11.8 Å². The molecule has 0 saturated carbocycles. The average molecular weight is 270 g/mol. The summed E-state index contributed by atoms with van der Waals surface area (Å²) in [6.07, 6.45) is 1.39. The van der Waals surface area contributed by atoms with Gasteiger partial charge in [-0.2, -0.15) is 0 Å². The smallest absolute Gasteiger partial charge is 0.409 e. The number of hydrogen-bond acceptors (Lipinski definition) is 3. The largest absolute Gasteiger partial charge is 0.450 e. The predicted octanol–water partition coefficient (Wildman–Crippen LogP) is 2.11. The van der Waals surface area contributed by atoms with Crippen molar-refractivity contribution in [3.8, 4) is 0 Å². The lowest BCUT2D eigenvalue weighted by atomic mass is 9.93. The van der Waals surface area contributed by atoms with Crippen LogP contribution in [0, 0.1) is 5.41 Å². The fourth-order valence-electron chi connectivity index (χ4n) is 2.35. The first kappa shape index (κ1) is 15.8. The molecule has 110 valence electrons. The first-order chi connectivity index (χ1) is 8.77. The molecule has 0 N–H and O–H groups in total. The third-order valence-electron chi connectivity index (χ3n) is 3.50. The van der Waals surface area contributed by atoms with Gasteiger partial charge in [0.25, 0.3) is 0 Å². The lowest BCUT2D eigenvalue weighted by Gasteiger charge is -2.38. The maximum absolute atomic E-state index is 12.2. The Balaban J connectivity index is 2.50. The number of carbonyl (C=O) groups is 2. The molecule has 0 radical (unpaired) electrons. The highest BCUT2D eigenvalue weighted by atomic mass is 16.6. The van der Waals surface area contributed by atoms with Crippen LogP contribution in [0.2, 0.25) is 0 Å². The molecule has 1 heterocycles. The molecule has 5 heteroatoms.